The molecule has 0 fully saturated rings. The molecule has 0 aliphatic heterocycles. The summed E-state index contributed by atoms with van der Waals surface area (Å²) in [5.41, 5.74) is 1.44. The van der Waals surface area contributed by atoms with Crippen molar-refractivity contribution in [2.75, 3.05) is 14.2 Å². The lowest BCUT2D eigenvalue weighted by Gasteiger charge is -2.35. The molecule has 1 aliphatic rings. The van der Waals surface area contributed by atoms with E-state index in [1.54, 1.807) is 12.1 Å². The lowest BCUT2D eigenvalue weighted by molar-refractivity contribution is 0.0967. The molecule has 0 heterocycles. The number of aryl methyl sites for hydroxylation is 1. The Hall–Kier alpha value is -1.31. The van der Waals surface area contributed by atoms with E-state index in [0.29, 0.717) is 23.5 Å². The van der Waals surface area contributed by atoms with Gasteiger partial charge in [0.2, 0.25) is 0 Å². The SMILES string of the molecule is COc1cc2c(cc1OC)CC(O)(S(=O)(=O)[O-])CC2. The molecule has 0 amide bonds. The summed E-state index contributed by atoms with van der Waals surface area (Å²) >= 11 is 0. The van der Waals surface area contributed by atoms with Crippen LogP contribution in [0.5, 0.6) is 11.5 Å². The summed E-state index contributed by atoms with van der Waals surface area (Å²) in [6, 6.07) is 3.34. The molecule has 1 N–H and O–H groups in total. The van der Waals surface area contributed by atoms with E-state index in [9.17, 15) is 18.1 Å². The second-order valence-electron chi connectivity index (χ2n) is 4.55. The molecule has 0 saturated carbocycles. The molecular formula is C12H15O6S-. The predicted molar refractivity (Wildman–Crippen MR) is 66.2 cm³/mol. The molecule has 6 nitrogen and oxygen atoms in total. The Morgan fingerprint density at radius 2 is 1.74 bits per heavy atom. The molecule has 2 rings (SSSR count). The van der Waals surface area contributed by atoms with Gasteiger partial charge in [-0.1, -0.05) is 0 Å². The predicted octanol–water partition coefficient (Wildman–Crippen LogP) is 0.426. The lowest BCUT2D eigenvalue weighted by atomic mass is 9.89. The monoisotopic (exact) mass is 287 g/mol. The van der Waals surface area contributed by atoms with E-state index in [2.05, 4.69) is 0 Å². The highest BCUT2D eigenvalue weighted by molar-refractivity contribution is 7.87. The topological polar surface area (TPSA) is 95.9 Å². The van der Waals surface area contributed by atoms with E-state index in [4.69, 9.17) is 9.47 Å². The Kier molecular flexibility index (Phi) is 3.46. The van der Waals surface area contributed by atoms with Crippen LogP contribution in [0.15, 0.2) is 12.1 Å². The smallest absolute Gasteiger partial charge is 0.161 e. The van der Waals surface area contributed by atoms with Gasteiger partial charge in [-0.25, -0.2) is 8.42 Å². The zero-order chi connectivity index (χ0) is 14.3. The van der Waals surface area contributed by atoms with Crippen molar-refractivity contribution in [3.8, 4) is 11.5 Å². The molecule has 0 radical (unpaired) electrons. The number of methoxy groups -OCH3 is 2. The van der Waals surface area contributed by atoms with Crippen LogP contribution in [0.2, 0.25) is 0 Å². The Morgan fingerprint density at radius 3 is 2.21 bits per heavy atom. The van der Waals surface area contributed by atoms with E-state index in [1.165, 1.54) is 14.2 Å². The van der Waals surface area contributed by atoms with Gasteiger partial charge in [-0.3, -0.25) is 0 Å². The van der Waals surface area contributed by atoms with Crippen LogP contribution in [-0.2, 0) is 23.0 Å². The van der Waals surface area contributed by atoms with Crippen molar-refractivity contribution in [2.24, 2.45) is 0 Å². The summed E-state index contributed by atoms with van der Waals surface area (Å²) in [7, 11) is -1.80. The van der Waals surface area contributed by atoms with Gasteiger partial charge < -0.3 is 19.1 Å². The highest BCUT2D eigenvalue weighted by Crippen LogP contribution is 2.38. The van der Waals surface area contributed by atoms with Gasteiger partial charge in [0.05, 0.1) is 14.2 Å². The maximum atomic E-state index is 11.1. The van der Waals surface area contributed by atoms with Crippen molar-refractivity contribution in [1.29, 1.82) is 0 Å². The highest BCUT2D eigenvalue weighted by atomic mass is 32.2. The Bertz CT molecular complexity index is 594. The van der Waals surface area contributed by atoms with E-state index in [1.807, 2.05) is 0 Å². The van der Waals surface area contributed by atoms with Gasteiger partial charge in [0, 0.05) is 6.42 Å². The standard InChI is InChI=1S/C12H16O6S/c1-17-10-5-8-3-4-12(13,19(14,15)16)7-9(8)6-11(10)18-2/h5-6,13H,3-4,7H2,1-2H3,(H,14,15,16)/p-1. The zero-order valence-electron chi connectivity index (χ0n) is 10.7. The normalized spacial score (nSPS) is 22.7. The first-order valence-electron chi connectivity index (χ1n) is 5.72. The molecule has 1 aliphatic carbocycles. The molecule has 1 aromatic rings. The molecule has 7 heteroatoms. The molecule has 0 spiro atoms. The number of hydrogen-bond donors (Lipinski definition) is 1. The van der Waals surface area contributed by atoms with Crippen LogP contribution in [-0.4, -0.2) is 37.2 Å². The number of benzene rings is 1. The summed E-state index contributed by atoms with van der Waals surface area (Å²) in [6.07, 6.45) is -0.0382. The Morgan fingerprint density at radius 1 is 1.21 bits per heavy atom. The minimum Gasteiger partial charge on any atom is -0.746 e. The number of aliphatic hydroxyl groups is 1. The third-order valence-corrected chi connectivity index (χ3v) is 4.70. The van der Waals surface area contributed by atoms with E-state index in [0.717, 1.165) is 5.56 Å². The molecule has 0 bridgehead atoms. The van der Waals surface area contributed by atoms with Crippen molar-refractivity contribution < 1.29 is 27.6 Å². The maximum Gasteiger partial charge on any atom is 0.161 e. The van der Waals surface area contributed by atoms with Crippen molar-refractivity contribution in [3.63, 3.8) is 0 Å². The van der Waals surface area contributed by atoms with Gasteiger partial charge in [0.25, 0.3) is 0 Å². The van der Waals surface area contributed by atoms with Crippen LogP contribution < -0.4 is 9.47 Å². The van der Waals surface area contributed by atoms with Crippen LogP contribution in [0.4, 0.5) is 0 Å². The summed E-state index contributed by atoms with van der Waals surface area (Å²) in [4.78, 5) is -2.24. The highest BCUT2D eigenvalue weighted by Gasteiger charge is 2.38. The Labute approximate surface area is 111 Å². The quantitative estimate of drug-likeness (QED) is 0.810. The van der Waals surface area contributed by atoms with Crippen LogP contribution in [0.1, 0.15) is 17.5 Å². The number of rotatable bonds is 3. The minimum atomic E-state index is -4.77. The van der Waals surface area contributed by atoms with Crippen LogP contribution >= 0.6 is 0 Å². The third kappa shape index (κ3) is 2.41. The fourth-order valence-corrected chi connectivity index (χ4v) is 2.97. The molecule has 0 saturated heterocycles. The first kappa shape index (κ1) is 14.1. The van der Waals surface area contributed by atoms with E-state index in [-0.39, 0.29) is 12.8 Å². The van der Waals surface area contributed by atoms with E-state index < -0.39 is 15.1 Å². The van der Waals surface area contributed by atoms with Crippen LogP contribution in [0, 0.1) is 0 Å². The summed E-state index contributed by atoms with van der Waals surface area (Å²) in [5.74, 6) is 0.977. The summed E-state index contributed by atoms with van der Waals surface area (Å²) in [6.45, 7) is 0. The molecule has 1 aromatic carbocycles. The molecule has 106 valence electrons. The second kappa shape index (κ2) is 4.66. The van der Waals surface area contributed by atoms with Crippen LogP contribution in [0.3, 0.4) is 0 Å². The van der Waals surface area contributed by atoms with Gasteiger partial charge in [0.15, 0.2) is 16.4 Å². The van der Waals surface area contributed by atoms with Crippen molar-refractivity contribution in [1.82, 2.24) is 0 Å². The van der Waals surface area contributed by atoms with Crippen LogP contribution in [0.25, 0.3) is 0 Å². The third-order valence-electron chi connectivity index (χ3n) is 3.42. The molecule has 1 unspecified atom stereocenters. The average molecular weight is 287 g/mol. The first-order chi connectivity index (χ1) is 8.80. The van der Waals surface area contributed by atoms with Gasteiger partial charge in [-0.05, 0) is 36.1 Å². The van der Waals surface area contributed by atoms with Gasteiger partial charge in [-0.2, -0.15) is 0 Å². The molecule has 0 aromatic heterocycles. The van der Waals surface area contributed by atoms with Gasteiger partial charge in [0.1, 0.15) is 10.1 Å². The zero-order valence-corrected chi connectivity index (χ0v) is 11.5. The minimum absolute atomic E-state index is 0.110. The Balaban J connectivity index is 2.46. The first-order valence-corrected chi connectivity index (χ1v) is 7.13. The maximum absolute atomic E-state index is 11.1. The van der Waals surface area contributed by atoms with Gasteiger partial charge in [-0.15, -0.1) is 0 Å². The average Bonchev–Trinajstić information content (AvgIpc) is 2.35. The number of ether oxygens (including phenoxy) is 2. The fourth-order valence-electron chi connectivity index (χ4n) is 2.29. The molecular weight excluding hydrogens is 272 g/mol. The number of hydrogen-bond acceptors (Lipinski definition) is 6. The molecule has 1 atom stereocenters. The second-order valence-corrected chi connectivity index (χ2v) is 6.22. The lowest BCUT2D eigenvalue weighted by Crippen LogP contribution is -2.43. The largest absolute Gasteiger partial charge is 0.746 e. The van der Waals surface area contributed by atoms with Crippen molar-refractivity contribution >= 4 is 10.1 Å². The fraction of sp³-hybridized carbons (Fsp3) is 0.500. The molecule has 19 heavy (non-hydrogen) atoms. The van der Waals surface area contributed by atoms with Gasteiger partial charge >= 0.3 is 0 Å². The summed E-state index contributed by atoms with van der Waals surface area (Å²) < 4.78 is 43.7. The van der Waals surface area contributed by atoms with E-state index >= 15 is 0 Å². The van der Waals surface area contributed by atoms with Crippen molar-refractivity contribution in [3.05, 3.63) is 23.3 Å². The number of fused-ring (bicyclic) bond motifs is 1. The van der Waals surface area contributed by atoms with Crippen molar-refractivity contribution in [2.45, 2.75) is 24.2 Å². The summed E-state index contributed by atoms with van der Waals surface area (Å²) in [5, 5.41) is 9.97.